The topological polar surface area (TPSA) is 69.9 Å². The Bertz CT molecular complexity index is 381. The molecule has 0 aliphatic carbocycles. The Labute approximate surface area is 111 Å². The predicted molar refractivity (Wildman–Crippen MR) is 69.4 cm³/mol. The van der Waals surface area contributed by atoms with Crippen molar-refractivity contribution < 1.29 is 20.1 Å². The second kappa shape index (κ2) is 6.04. The van der Waals surface area contributed by atoms with Gasteiger partial charge in [0.15, 0.2) is 0 Å². The lowest BCUT2D eigenvalue weighted by molar-refractivity contribution is -0.157. The molecule has 0 bridgehead atoms. The van der Waals surface area contributed by atoms with E-state index < -0.39 is 18.3 Å². The van der Waals surface area contributed by atoms with Crippen LogP contribution in [0.5, 0.6) is 0 Å². The minimum absolute atomic E-state index is 0.247. The van der Waals surface area contributed by atoms with Gasteiger partial charge in [-0.15, -0.1) is 0 Å². The zero-order valence-electron chi connectivity index (χ0n) is 10.2. The number of aliphatic hydroxyl groups excluding tert-OH is 3. The number of thioether (sulfide) groups is 1. The molecule has 1 fully saturated rings. The number of rotatable bonds is 3. The summed E-state index contributed by atoms with van der Waals surface area (Å²) in [5.74, 6) is 0. The van der Waals surface area contributed by atoms with E-state index in [9.17, 15) is 10.2 Å². The average molecular weight is 270 g/mol. The Morgan fingerprint density at radius 3 is 2.56 bits per heavy atom. The van der Waals surface area contributed by atoms with E-state index in [4.69, 9.17) is 9.84 Å². The van der Waals surface area contributed by atoms with Crippen molar-refractivity contribution in [1.82, 2.24) is 0 Å². The summed E-state index contributed by atoms with van der Waals surface area (Å²) in [7, 11) is 0. The van der Waals surface area contributed by atoms with E-state index in [-0.39, 0.29) is 12.0 Å². The van der Waals surface area contributed by atoms with Gasteiger partial charge in [-0.05, 0) is 19.1 Å². The molecule has 1 aromatic carbocycles. The molecular weight excluding hydrogens is 252 g/mol. The zero-order valence-corrected chi connectivity index (χ0v) is 11.0. The monoisotopic (exact) mass is 270 g/mol. The first-order valence-corrected chi connectivity index (χ1v) is 6.84. The van der Waals surface area contributed by atoms with Gasteiger partial charge in [-0.1, -0.05) is 29.5 Å². The lowest BCUT2D eigenvalue weighted by atomic mass is 10.0. The standard InChI is InChI=1S/C13H18O4S/c1-8-2-4-9(5-3-8)18-12-6-10(15)13(16)11(7-14)17-12/h2-5,10-16H,6-7H2,1H3. The van der Waals surface area contributed by atoms with Crippen molar-refractivity contribution >= 4 is 11.8 Å². The van der Waals surface area contributed by atoms with Crippen LogP contribution in [0.15, 0.2) is 29.2 Å². The largest absolute Gasteiger partial charge is 0.394 e. The second-order valence-electron chi connectivity index (χ2n) is 4.51. The Morgan fingerprint density at radius 1 is 1.28 bits per heavy atom. The van der Waals surface area contributed by atoms with E-state index in [0.717, 1.165) is 4.90 Å². The first-order valence-electron chi connectivity index (χ1n) is 5.96. The van der Waals surface area contributed by atoms with Gasteiger partial charge in [0.25, 0.3) is 0 Å². The van der Waals surface area contributed by atoms with Gasteiger partial charge in [0.2, 0.25) is 0 Å². The Kier molecular flexibility index (Phi) is 4.64. The normalized spacial score (nSPS) is 32.4. The third kappa shape index (κ3) is 3.24. The molecule has 1 aliphatic rings. The Hall–Kier alpha value is -0.590. The minimum atomic E-state index is -1.01. The Balaban J connectivity index is 1.99. The summed E-state index contributed by atoms with van der Waals surface area (Å²) < 4.78 is 5.56. The summed E-state index contributed by atoms with van der Waals surface area (Å²) in [5.41, 5.74) is 0.941. The zero-order chi connectivity index (χ0) is 13.1. The first kappa shape index (κ1) is 13.8. The van der Waals surface area contributed by atoms with Gasteiger partial charge < -0.3 is 20.1 Å². The fraction of sp³-hybridized carbons (Fsp3) is 0.538. The van der Waals surface area contributed by atoms with Crippen LogP contribution < -0.4 is 0 Å². The number of aryl methyl sites for hydroxylation is 1. The van der Waals surface area contributed by atoms with Crippen molar-refractivity contribution in [3.8, 4) is 0 Å². The number of aliphatic hydroxyl groups is 3. The molecule has 100 valence electrons. The molecule has 4 unspecified atom stereocenters. The highest BCUT2D eigenvalue weighted by atomic mass is 32.2. The van der Waals surface area contributed by atoms with Crippen LogP contribution in [0.2, 0.25) is 0 Å². The molecule has 0 spiro atoms. The summed E-state index contributed by atoms with van der Waals surface area (Å²) in [4.78, 5) is 1.05. The van der Waals surface area contributed by atoms with Gasteiger partial charge >= 0.3 is 0 Å². The molecular formula is C13H18O4S. The summed E-state index contributed by atoms with van der Waals surface area (Å²) in [6, 6.07) is 8.02. The average Bonchev–Trinajstić information content (AvgIpc) is 2.36. The molecule has 0 aromatic heterocycles. The molecule has 1 aromatic rings. The maximum Gasteiger partial charge on any atom is 0.110 e. The van der Waals surface area contributed by atoms with Gasteiger partial charge in [-0.25, -0.2) is 0 Å². The number of ether oxygens (including phenoxy) is 1. The van der Waals surface area contributed by atoms with E-state index >= 15 is 0 Å². The van der Waals surface area contributed by atoms with Crippen LogP contribution >= 0.6 is 11.8 Å². The van der Waals surface area contributed by atoms with Crippen LogP contribution in [0.25, 0.3) is 0 Å². The van der Waals surface area contributed by atoms with Crippen LogP contribution in [0.1, 0.15) is 12.0 Å². The molecule has 0 saturated carbocycles. The summed E-state index contributed by atoms with van der Waals surface area (Å²) in [6.07, 6.45) is -2.21. The molecule has 5 heteroatoms. The molecule has 3 N–H and O–H groups in total. The van der Waals surface area contributed by atoms with E-state index in [2.05, 4.69) is 0 Å². The molecule has 2 rings (SSSR count). The first-order chi connectivity index (χ1) is 8.60. The molecule has 1 aliphatic heterocycles. The highest BCUT2D eigenvalue weighted by Crippen LogP contribution is 2.32. The van der Waals surface area contributed by atoms with Crippen molar-refractivity contribution in [2.24, 2.45) is 0 Å². The van der Waals surface area contributed by atoms with Crippen molar-refractivity contribution in [3.63, 3.8) is 0 Å². The summed E-state index contributed by atoms with van der Waals surface area (Å²) in [5, 5.41) is 28.4. The molecule has 4 atom stereocenters. The molecule has 0 amide bonds. The van der Waals surface area contributed by atoms with Crippen LogP contribution in [0, 0.1) is 6.92 Å². The van der Waals surface area contributed by atoms with Gasteiger partial charge in [0.05, 0.1) is 12.7 Å². The highest BCUT2D eigenvalue weighted by Gasteiger charge is 2.36. The number of benzene rings is 1. The molecule has 4 nitrogen and oxygen atoms in total. The lowest BCUT2D eigenvalue weighted by Gasteiger charge is -2.35. The van der Waals surface area contributed by atoms with Crippen molar-refractivity contribution in [2.75, 3.05) is 6.61 Å². The van der Waals surface area contributed by atoms with Crippen LogP contribution in [-0.4, -0.2) is 45.7 Å². The maximum atomic E-state index is 9.72. The van der Waals surface area contributed by atoms with Crippen molar-refractivity contribution in [2.45, 2.75) is 42.0 Å². The van der Waals surface area contributed by atoms with Crippen molar-refractivity contribution in [1.29, 1.82) is 0 Å². The maximum absolute atomic E-state index is 9.72. The second-order valence-corrected chi connectivity index (χ2v) is 5.74. The van der Waals surface area contributed by atoms with Gasteiger partial charge in [-0.3, -0.25) is 0 Å². The quantitative estimate of drug-likeness (QED) is 0.762. The molecule has 1 saturated heterocycles. The molecule has 18 heavy (non-hydrogen) atoms. The van der Waals surface area contributed by atoms with Gasteiger partial charge in [0, 0.05) is 11.3 Å². The fourth-order valence-electron chi connectivity index (χ4n) is 1.91. The molecule has 0 radical (unpaired) electrons. The van der Waals surface area contributed by atoms with E-state index in [1.165, 1.54) is 17.3 Å². The smallest absolute Gasteiger partial charge is 0.110 e. The summed E-state index contributed by atoms with van der Waals surface area (Å²) in [6.45, 7) is 1.73. The summed E-state index contributed by atoms with van der Waals surface area (Å²) >= 11 is 1.49. The van der Waals surface area contributed by atoms with Gasteiger partial charge in [-0.2, -0.15) is 0 Å². The van der Waals surface area contributed by atoms with E-state index in [1.807, 2.05) is 31.2 Å². The third-order valence-electron chi connectivity index (χ3n) is 3.00. The Morgan fingerprint density at radius 2 is 1.94 bits per heavy atom. The van der Waals surface area contributed by atoms with E-state index in [0.29, 0.717) is 6.42 Å². The predicted octanol–water partition coefficient (Wildman–Crippen LogP) is 0.916. The minimum Gasteiger partial charge on any atom is -0.394 e. The highest BCUT2D eigenvalue weighted by molar-refractivity contribution is 7.99. The van der Waals surface area contributed by atoms with Gasteiger partial charge in [0.1, 0.15) is 17.6 Å². The lowest BCUT2D eigenvalue weighted by Crippen LogP contribution is -2.48. The van der Waals surface area contributed by atoms with Crippen LogP contribution in [0.3, 0.4) is 0 Å². The van der Waals surface area contributed by atoms with Crippen molar-refractivity contribution in [3.05, 3.63) is 29.8 Å². The van der Waals surface area contributed by atoms with Crippen LogP contribution in [0.4, 0.5) is 0 Å². The molecule has 1 heterocycles. The number of hydrogen-bond donors (Lipinski definition) is 3. The van der Waals surface area contributed by atoms with E-state index in [1.54, 1.807) is 0 Å². The van der Waals surface area contributed by atoms with Crippen LogP contribution in [-0.2, 0) is 4.74 Å². The third-order valence-corrected chi connectivity index (χ3v) is 4.11. The number of hydrogen-bond acceptors (Lipinski definition) is 5. The SMILES string of the molecule is Cc1ccc(SC2CC(O)C(O)C(CO)O2)cc1. The fourth-order valence-corrected chi connectivity index (χ4v) is 3.00.